The van der Waals surface area contributed by atoms with E-state index in [4.69, 9.17) is 11.6 Å². The lowest BCUT2D eigenvalue weighted by Crippen LogP contribution is -2.28. The molecule has 0 bridgehead atoms. The van der Waals surface area contributed by atoms with Crippen molar-refractivity contribution in [1.82, 2.24) is 15.0 Å². The van der Waals surface area contributed by atoms with Gasteiger partial charge in [0.15, 0.2) is 5.82 Å². The average Bonchev–Trinajstić information content (AvgIpc) is 2.80. The van der Waals surface area contributed by atoms with Crippen LogP contribution in [-0.2, 0) is 17.3 Å². The molecule has 0 fully saturated rings. The number of aromatic nitrogens is 3. The minimum atomic E-state index is -4.44. The second kappa shape index (κ2) is 8.77. The summed E-state index contributed by atoms with van der Waals surface area (Å²) in [5.41, 5.74) is 0.432. The Morgan fingerprint density at radius 2 is 1.49 bits per heavy atom. The highest BCUT2D eigenvalue weighted by molar-refractivity contribution is 6.34. The summed E-state index contributed by atoms with van der Waals surface area (Å²) in [5.74, 6) is 0.303. The largest absolute Gasteiger partial charge is 0.416 e. The first-order valence-corrected chi connectivity index (χ1v) is 11.2. The zero-order valence-electron chi connectivity index (χ0n) is 19.6. The number of fused-ring (bicyclic) bond motifs is 1. The number of aliphatic hydroxyl groups is 1. The van der Waals surface area contributed by atoms with Gasteiger partial charge in [-0.25, -0.2) is 9.97 Å². The number of nitrogens with one attached hydrogen (secondary N) is 1. The van der Waals surface area contributed by atoms with Crippen LogP contribution in [0.15, 0.2) is 61.1 Å². The van der Waals surface area contributed by atoms with E-state index in [2.05, 4.69) is 20.3 Å². The number of hydrogen-bond donors (Lipinski definition) is 2. The molecular formula is C26H24ClF3N4O. The molecule has 5 nitrogen and oxygen atoms in total. The summed E-state index contributed by atoms with van der Waals surface area (Å²) in [6.45, 7) is 6.79. The van der Waals surface area contributed by atoms with Gasteiger partial charge >= 0.3 is 6.18 Å². The number of benzene rings is 2. The minimum absolute atomic E-state index is 0.303. The monoisotopic (exact) mass is 500 g/mol. The van der Waals surface area contributed by atoms with Crippen molar-refractivity contribution in [3.8, 4) is 11.1 Å². The summed E-state index contributed by atoms with van der Waals surface area (Å²) in [4.78, 5) is 12.9. The van der Waals surface area contributed by atoms with Crippen LogP contribution in [0.5, 0.6) is 0 Å². The normalized spacial score (nSPS) is 12.7. The molecule has 2 heterocycles. The molecule has 35 heavy (non-hydrogen) atoms. The smallest absolute Gasteiger partial charge is 0.382 e. The van der Waals surface area contributed by atoms with E-state index in [1.165, 1.54) is 12.3 Å². The highest BCUT2D eigenvalue weighted by Gasteiger charge is 2.32. The lowest BCUT2D eigenvalue weighted by molar-refractivity contribution is -0.137. The number of anilines is 1. The van der Waals surface area contributed by atoms with Gasteiger partial charge < -0.3 is 10.4 Å². The SMILES string of the molecule is CC(C)(O)c1ncc(-c2ccc3ncc(Cl)c(NC(C)(C)c4cccc(C(F)(F)F)c4)c3c2)cn1. The molecule has 9 heteroatoms. The first-order valence-electron chi connectivity index (χ1n) is 10.9. The Balaban J connectivity index is 1.76. The molecule has 0 radical (unpaired) electrons. The number of halogens is 4. The van der Waals surface area contributed by atoms with Gasteiger partial charge in [0, 0.05) is 29.5 Å². The summed E-state index contributed by atoms with van der Waals surface area (Å²) >= 11 is 6.51. The maximum Gasteiger partial charge on any atom is 0.416 e. The summed E-state index contributed by atoms with van der Waals surface area (Å²) in [6.07, 6.45) is 0.318. The maximum absolute atomic E-state index is 13.3. The van der Waals surface area contributed by atoms with Gasteiger partial charge in [0.1, 0.15) is 5.60 Å². The van der Waals surface area contributed by atoms with Gasteiger partial charge in [0.25, 0.3) is 0 Å². The van der Waals surface area contributed by atoms with E-state index in [1.807, 2.05) is 18.2 Å². The van der Waals surface area contributed by atoms with Gasteiger partial charge in [-0.15, -0.1) is 0 Å². The van der Waals surface area contributed by atoms with E-state index in [1.54, 1.807) is 46.2 Å². The topological polar surface area (TPSA) is 70.9 Å². The summed E-state index contributed by atoms with van der Waals surface area (Å²) in [6, 6.07) is 10.8. The Labute approximate surface area is 206 Å². The molecule has 0 aliphatic heterocycles. The van der Waals surface area contributed by atoms with Crippen molar-refractivity contribution in [2.45, 2.75) is 45.0 Å². The van der Waals surface area contributed by atoms with Crippen LogP contribution in [0.1, 0.15) is 44.6 Å². The molecule has 0 atom stereocenters. The third-order valence-electron chi connectivity index (χ3n) is 5.70. The third kappa shape index (κ3) is 5.23. The molecule has 4 rings (SSSR count). The van der Waals surface area contributed by atoms with Crippen molar-refractivity contribution in [2.24, 2.45) is 0 Å². The highest BCUT2D eigenvalue weighted by atomic mass is 35.5. The zero-order chi connectivity index (χ0) is 25.6. The maximum atomic E-state index is 13.3. The van der Waals surface area contributed by atoms with Crippen LogP contribution in [0, 0.1) is 0 Å². The molecule has 4 aromatic rings. The van der Waals surface area contributed by atoms with Gasteiger partial charge in [-0.3, -0.25) is 4.98 Å². The van der Waals surface area contributed by atoms with Gasteiger partial charge in [-0.1, -0.05) is 29.8 Å². The van der Waals surface area contributed by atoms with Gasteiger partial charge in [0.05, 0.1) is 27.3 Å². The molecule has 182 valence electrons. The lowest BCUT2D eigenvalue weighted by atomic mass is 9.92. The fourth-order valence-electron chi connectivity index (χ4n) is 3.74. The number of rotatable bonds is 5. The van der Waals surface area contributed by atoms with Crippen LogP contribution in [0.25, 0.3) is 22.0 Å². The van der Waals surface area contributed by atoms with Crippen molar-refractivity contribution < 1.29 is 18.3 Å². The van der Waals surface area contributed by atoms with Crippen molar-refractivity contribution in [2.75, 3.05) is 5.32 Å². The fourth-order valence-corrected chi connectivity index (χ4v) is 3.93. The van der Waals surface area contributed by atoms with Crippen LogP contribution < -0.4 is 5.32 Å². The Morgan fingerprint density at radius 1 is 0.829 bits per heavy atom. The number of nitrogens with zero attached hydrogens (tertiary/aromatic N) is 3. The van der Waals surface area contributed by atoms with E-state index >= 15 is 0 Å². The summed E-state index contributed by atoms with van der Waals surface area (Å²) < 4.78 is 39.8. The van der Waals surface area contributed by atoms with Crippen molar-refractivity contribution in [1.29, 1.82) is 0 Å². The summed E-state index contributed by atoms with van der Waals surface area (Å²) in [7, 11) is 0. The predicted octanol–water partition coefficient (Wildman–Crippen LogP) is 6.94. The second-order valence-electron chi connectivity index (χ2n) is 9.40. The van der Waals surface area contributed by atoms with Gasteiger partial charge in [-0.2, -0.15) is 13.2 Å². The minimum Gasteiger partial charge on any atom is -0.382 e. The number of alkyl halides is 3. The highest BCUT2D eigenvalue weighted by Crippen LogP contribution is 2.38. The molecule has 0 unspecified atom stereocenters. The van der Waals surface area contributed by atoms with Crippen LogP contribution in [-0.4, -0.2) is 20.1 Å². The van der Waals surface area contributed by atoms with Crippen LogP contribution in [0.3, 0.4) is 0 Å². The quantitative estimate of drug-likeness (QED) is 0.310. The molecule has 0 aliphatic carbocycles. The molecule has 0 amide bonds. The standard InChI is InChI=1S/C26H24ClF3N4O/c1-24(2,17-6-5-7-18(11-17)26(28,29)30)34-22-19-10-15(8-9-21(19)31-14-20(22)27)16-12-32-23(33-13-16)25(3,4)35/h5-14,35H,1-4H3,(H,31,34). The van der Waals surface area contributed by atoms with Crippen molar-refractivity contribution >= 4 is 28.2 Å². The van der Waals surface area contributed by atoms with Crippen molar-refractivity contribution in [3.05, 3.63) is 83.0 Å². The summed E-state index contributed by atoms with van der Waals surface area (Å²) in [5, 5.41) is 14.5. The molecule has 2 aromatic carbocycles. The van der Waals surface area contributed by atoms with Crippen LogP contribution in [0.2, 0.25) is 5.02 Å². The molecule has 0 spiro atoms. The first kappa shape index (κ1) is 24.9. The Kier molecular flexibility index (Phi) is 6.23. The Morgan fingerprint density at radius 3 is 2.11 bits per heavy atom. The van der Waals surface area contributed by atoms with Crippen LogP contribution >= 0.6 is 11.6 Å². The number of hydrogen-bond acceptors (Lipinski definition) is 5. The van der Waals surface area contributed by atoms with Crippen molar-refractivity contribution in [3.63, 3.8) is 0 Å². The van der Waals surface area contributed by atoms with E-state index in [0.29, 0.717) is 33.0 Å². The van der Waals surface area contributed by atoms with E-state index < -0.39 is 22.9 Å². The molecule has 2 aromatic heterocycles. The second-order valence-corrected chi connectivity index (χ2v) is 9.80. The fraction of sp³-hybridized carbons (Fsp3) is 0.269. The van der Waals surface area contributed by atoms with Gasteiger partial charge in [0.2, 0.25) is 0 Å². The number of pyridine rings is 1. The Bertz CT molecular complexity index is 1380. The Hall–Kier alpha value is -3.23. The molecular weight excluding hydrogens is 477 g/mol. The predicted molar refractivity (Wildman–Crippen MR) is 131 cm³/mol. The van der Waals surface area contributed by atoms with E-state index in [-0.39, 0.29) is 0 Å². The zero-order valence-corrected chi connectivity index (χ0v) is 20.3. The van der Waals surface area contributed by atoms with Gasteiger partial charge in [-0.05, 0) is 63.1 Å². The average molecular weight is 501 g/mol. The van der Waals surface area contributed by atoms with E-state index in [0.717, 1.165) is 23.3 Å². The molecule has 2 N–H and O–H groups in total. The van der Waals surface area contributed by atoms with Crippen LogP contribution in [0.4, 0.5) is 18.9 Å². The first-order chi connectivity index (χ1) is 16.3. The lowest BCUT2D eigenvalue weighted by Gasteiger charge is -2.30. The third-order valence-corrected chi connectivity index (χ3v) is 5.99. The molecule has 0 saturated carbocycles. The molecule has 0 saturated heterocycles. The van der Waals surface area contributed by atoms with E-state index in [9.17, 15) is 18.3 Å². The molecule has 0 aliphatic rings.